The van der Waals surface area contributed by atoms with Crippen LogP contribution >= 0.6 is 0 Å². The van der Waals surface area contributed by atoms with E-state index >= 15 is 0 Å². The highest BCUT2D eigenvalue weighted by atomic mass is 32.2. The number of hydrogen-bond acceptors (Lipinski definition) is 5. The van der Waals surface area contributed by atoms with Crippen LogP contribution < -0.4 is 0 Å². The van der Waals surface area contributed by atoms with Gasteiger partial charge in [-0.1, -0.05) is 0 Å². The molecule has 0 aliphatic carbocycles. The van der Waals surface area contributed by atoms with Gasteiger partial charge in [-0.15, -0.1) is 0 Å². The van der Waals surface area contributed by atoms with Crippen LogP contribution in [0, 0.1) is 0 Å². The summed E-state index contributed by atoms with van der Waals surface area (Å²) < 4.78 is 31.2. The van der Waals surface area contributed by atoms with Gasteiger partial charge in [-0.25, -0.2) is 8.42 Å². The number of sulfonamides is 1. The van der Waals surface area contributed by atoms with Gasteiger partial charge in [-0.2, -0.15) is 4.31 Å². The molecule has 0 unspecified atom stereocenters. The summed E-state index contributed by atoms with van der Waals surface area (Å²) in [6.07, 6.45) is 7.22. The molecule has 1 saturated heterocycles. The zero-order valence-corrected chi connectivity index (χ0v) is 13.1. The highest BCUT2D eigenvalue weighted by Crippen LogP contribution is 2.17. The van der Waals surface area contributed by atoms with Crippen LogP contribution in [0.25, 0.3) is 0 Å². The van der Waals surface area contributed by atoms with Crippen molar-refractivity contribution < 1.29 is 12.8 Å². The minimum atomic E-state index is -3.40. The van der Waals surface area contributed by atoms with E-state index < -0.39 is 10.0 Å². The molecule has 0 amide bonds. The van der Waals surface area contributed by atoms with Crippen molar-refractivity contribution in [2.45, 2.75) is 11.3 Å². The fraction of sp³-hybridized carbons (Fsp3) is 0.400. The lowest BCUT2D eigenvalue weighted by molar-refractivity contribution is 0.190. The third kappa shape index (κ3) is 3.37. The number of nitrogens with zero attached hydrogens (tertiary/aromatic N) is 3. The molecule has 1 aliphatic heterocycles. The highest BCUT2D eigenvalue weighted by molar-refractivity contribution is 7.89. The van der Waals surface area contributed by atoms with E-state index in [0.717, 1.165) is 26.1 Å². The van der Waals surface area contributed by atoms with E-state index in [4.69, 9.17) is 4.42 Å². The second-order valence-corrected chi connectivity index (χ2v) is 7.25. The molecule has 118 valence electrons. The van der Waals surface area contributed by atoms with Crippen LogP contribution in [-0.4, -0.2) is 55.3 Å². The van der Waals surface area contributed by atoms with E-state index in [1.54, 1.807) is 12.4 Å². The van der Waals surface area contributed by atoms with Crippen molar-refractivity contribution in [2.24, 2.45) is 0 Å². The highest BCUT2D eigenvalue weighted by Gasteiger charge is 2.28. The van der Waals surface area contributed by atoms with Gasteiger partial charge in [0.1, 0.15) is 11.2 Å². The van der Waals surface area contributed by atoms with Gasteiger partial charge in [0.05, 0.1) is 6.26 Å². The SMILES string of the molecule is O=S(=O)(c1ccoc1)N1CCN(CCc2ccncc2)CC1. The first kappa shape index (κ1) is 15.2. The smallest absolute Gasteiger partial charge is 0.246 e. The quantitative estimate of drug-likeness (QED) is 0.828. The Morgan fingerprint density at radius 3 is 2.45 bits per heavy atom. The molecule has 0 N–H and O–H groups in total. The Bertz CT molecular complexity index is 678. The number of aromatic nitrogens is 1. The maximum Gasteiger partial charge on any atom is 0.246 e. The third-order valence-corrected chi connectivity index (χ3v) is 5.80. The number of furan rings is 1. The standard InChI is InChI=1S/C15H19N3O3S/c19-22(20,15-4-12-21-13-15)18-10-8-17(9-11-18)7-3-14-1-5-16-6-2-14/h1-2,4-6,12-13H,3,7-11H2. The molecule has 0 bridgehead atoms. The lowest BCUT2D eigenvalue weighted by Crippen LogP contribution is -2.48. The van der Waals surface area contributed by atoms with Crippen LogP contribution in [0.5, 0.6) is 0 Å². The topological polar surface area (TPSA) is 66.7 Å². The van der Waals surface area contributed by atoms with E-state index in [0.29, 0.717) is 13.1 Å². The van der Waals surface area contributed by atoms with Crippen molar-refractivity contribution in [1.29, 1.82) is 0 Å². The molecular formula is C15H19N3O3S. The Kier molecular flexibility index (Phi) is 4.56. The molecule has 6 nitrogen and oxygen atoms in total. The Hall–Kier alpha value is -1.70. The molecular weight excluding hydrogens is 302 g/mol. The van der Waals surface area contributed by atoms with Crippen LogP contribution in [0.15, 0.2) is 52.4 Å². The Morgan fingerprint density at radius 2 is 1.82 bits per heavy atom. The van der Waals surface area contributed by atoms with Gasteiger partial charge in [-0.3, -0.25) is 4.98 Å². The van der Waals surface area contributed by atoms with E-state index in [-0.39, 0.29) is 4.90 Å². The molecule has 0 atom stereocenters. The molecule has 3 rings (SSSR count). The molecule has 0 spiro atoms. The van der Waals surface area contributed by atoms with Gasteiger partial charge in [0.15, 0.2) is 0 Å². The van der Waals surface area contributed by atoms with Gasteiger partial charge in [0, 0.05) is 45.1 Å². The molecule has 0 radical (unpaired) electrons. The maximum absolute atomic E-state index is 12.4. The summed E-state index contributed by atoms with van der Waals surface area (Å²) in [6.45, 7) is 3.47. The number of rotatable bonds is 5. The molecule has 3 heterocycles. The van der Waals surface area contributed by atoms with Gasteiger partial charge >= 0.3 is 0 Å². The summed E-state index contributed by atoms with van der Waals surface area (Å²) in [4.78, 5) is 6.53. The van der Waals surface area contributed by atoms with Gasteiger partial charge in [0.25, 0.3) is 0 Å². The number of piperazine rings is 1. The van der Waals surface area contributed by atoms with E-state index in [1.165, 1.54) is 28.5 Å². The van der Waals surface area contributed by atoms with Crippen molar-refractivity contribution in [3.63, 3.8) is 0 Å². The Labute approximate surface area is 130 Å². The van der Waals surface area contributed by atoms with Crippen molar-refractivity contribution in [1.82, 2.24) is 14.2 Å². The van der Waals surface area contributed by atoms with Crippen molar-refractivity contribution in [3.05, 3.63) is 48.7 Å². The monoisotopic (exact) mass is 321 g/mol. The summed E-state index contributed by atoms with van der Waals surface area (Å²) in [5.74, 6) is 0. The Balaban J connectivity index is 1.52. The predicted molar refractivity (Wildman–Crippen MR) is 81.8 cm³/mol. The third-order valence-electron chi connectivity index (χ3n) is 3.93. The van der Waals surface area contributed by atoms with Crippen LogP contribution in [0.2, 0.25) is 0 Å². The van der Waals surface area contributed by atoms with Gasteiger partial charge in [0.2, 0.25) is 10.0 Å². The lowest BCUT2D eigenvalue weighted by Gasteiger charge is -2.33. The first-order valence-electron chi connectivity index (χ1n) is 7.30. The number of pyridine rings is 1. The Morgan fingerprint density at radius 1 is 1.09 bits per heavy atom. The first-order chi connectivity index (χ1) is 10.7. The molecule has 2 aromatic rings. The zero-order valence-electron chi connectivity index (χ0n) is 12.3. The fourth-order valence-electron chi connectivity index (χ4n) is 2.58. The minimum absolute atomic E-state index is 0.234. The van der Waals surface area contributed by atoms with Crippen LogP contribution in [0.1, 0.15) is 5.56 Å². The summed E-state index contributed by atoms with van der Waals surface area (Å²) in [5.41, 5.74) is 1.25. The van der Waals surface area contributed by atoms with Crippen molar-refractivity contribution in [2.75, 3.05) is 32.7 Å². The molecule has 22 heavy (non-hydrogen) atoms. The predicted octanol–water partition coefficient (Wildman–Crippen LogP) is 1.22. The van der Waals surface area contributed by atoms with Gasteiger partial charge < -0.3 is 9.32 Å². The summed E-state index contributed by atoms with van der Waals surface area (Å²) in [7, 11) is -3.40. The molecule has 0 aromatic carbocycles. The number of hydrogen-bond donors (Lipinski definition) is 0. The normalized spacial score (nSPS) is 17.6. The van der Waals surface area contributed by atoms with E-state index in [1.807, 2.05) is 12.1 Å². The lowest BCUT2D eigenvalue weighted by atomic mass is 10.2. The fourth-order valence-corrected chi connectivity index (χ4v) is 3.92. The second kappa shape index (κ2) is 6.60. The average molecular weight is 321 g/mol. The van der Waals surface area contributed by atoms with Crippen molar-refractivity contribution >= 4 is 10.0 Å². The van der Waals surface area contributed by atoms with E-state index in [2.05, 4.69) is 9.88 Å². The van der Waals surface area contributed by atoms with Crippen LogP contribution in [0.3, 0.4) is 0 Å². The average Bonchev–Trinajstić information content (AvgIpc) is 3.10. The molecule has 1 fully saturated rings. The van der Waals surface area contributed by atoms with Crippen molar-refractivity contribution in [3.8, 4) is 0 Å². The van der Waals surface area contributed by atoms with Gasteiger partial charge in [-0.05, 0) is 30.2 Å². The first-order valence-corrected chi connectivity index (χ1v) is 8.74. The summed E-state index contributed by atoms with van der Waals surface area (Å²) in [6, 6.07) is 5.52. The summed E-state index contributed by atoms with van der Waals surface area (Å²) in [5, 5.41) is 0. The maximum atomic E-state index is 12.4. The molecule has 7 heteroatoms. The van der Waals surface area contributed by atoms with E-state index in [9.17, 15) is 8.42 Å². The largest absolute Gasteiger partial charge is 0.471 e. The molecule has 1 aliphatic rings. The molecule has 0 saturated carbocycles. The zero-order chi connectivity index (χ0) is 15.4. The molecule has 2 aromatic heterocycles. The van der Waals surface area contributed by atoms with Crippen LogP contribution in [-0.2, 0) is 16.4 Å². The minimum Gasteiger partial charge on any atom is -0.471 e. The van der Waals surface area contributed by atoms with Crippen LogP contribution in [0.4, 0.5) is 0 Å². The summed E-state index contributed by atoms with van der Waals surface area (Å²) >= 11 is 0. The second-order valence-electron chi connectivity index (χ2n) is 5.31.